The number of nitrogens with two attached hydrogens (primary N) is 1. The normalized spacial score (nSPS) is 10.4. The van der Waals surface area contributed by atoms with Gasteiger partial charge in [0, 0.05) is 5.69 Å². The summed E-state index contributed by atoms with van der Waals surface area (Å²) in [7, 11) is 0. The molecule has 2 heteroatoms. The molecule has 0 heterocycles. The van der Waals surface area contributed by atoms with E-state index in [-0.39, 0.29) is 0 Å². The van der Waals surface area contributed by atoms with E-state index in [4.69, 9.17) is 10.5 Å². The second-order valence-electron chi connectivity index (χ2n) is 4.46. The minimum absolute atomic E-state index is 0.690. The maximum absolute atomic E-state index is 6.01. The first-order valence-electron chi connectivity index (χ1n) is 6.21. The molecule has 0 unspecified atom stereocenters. The molecule has 0 atom stereocenters. The van der Waals surface area contributed by atoms with Crippen LogP contribution >= 0.6 is 0 Å². The molecule has 0 saturated heterocycles. The molecule has 0 aliphatic carbocycles. The lowest BCUT2D eigenvalue weighted by atomic mass is 9.99. The van der Waals surface area contributed by atoms with Gasteiger partial charge in [0.15, 0.2) is 0 Å². The van der Waals surface area contributed by atoms with Gasteiger partial charge >= 0.3 is 0 Å². The topological polar surface area (TPSA) is 35.2 Å². The molecule has 18 heavy (non-hydrogen) atoms. The largest absolute Gasteiger partial charge is 0.494 e. The molecule has 2 aromatic rings. The van der Waals surface area contributed by atoms with Crippen LogP contribution < -0.4 is 10.5 Å². The summed E-state index contributed by atoms with van der Waals surface area (Å²) in [4.78, 5) is 0. The van der Waals surface area contributed by atoms with Gasteiger partial charge in [-0.25, -0.2) is 0 Å². The van der Waals surface area contributed by atoms with Crippen molar-refractivity contribution in [2.75, 3.05) is 12.3 Å². The van der Waals surface area contributed by atoms with Gasteiger partial charge in [-0.2, -0.15) is 0 Å². The summed E-state index contributed by atoms with van der Waals surface area (Å²) in [6.07, 6.45) is 0. The molecule has 94 valence electrons. The third kappa shape index (κ3) is 2.48. The quantitative estimate of drug-likeness (QED) is 0.826. The molecular weight excluding hydrogens is 222 g/mol. The van der Waals surface area contributed by atoms with E-state index in [2.05, 4.69) is 25.1 Å². The van der Waals surface area contributed by atoms with E-state index in [1.165, 1.54) is 5.56 Å². The Kier molecular flexibility index (Phi) is 3.56. The number of aryl methyl sites for hydroxylation is 1. The van der Waals surface area contributed by atoms with Crippen LogP contribution in [0.15, 0.2) is 36.4 Å². The molecule has 2 nitrogen and oxygen atoms in total. The van der Waals surface area contributed by atoms with E-state index in [1.54, 1.807) is 0 Å². The highest BCUT2D eigenvalue weighted by Crippen LogP contribution is 2.27. The third-order valence-corrected chi connectivity index (χ3v) is 3.21. The van der Waals surface area contributed by atoms with Crippen molar-refractivity contribution >= 4 is 5.69 Å². The zero-order chi connectivity index (χ0) is 13.1. The first-order chi connectivity index (χ1) is 8.61. The molecule has 0 fully saturated rings. The standard InChI is InChI=1S/C16H19NO/c1-4-18-15-7-5-13(6-8-15)14-9-11(2)12(3)16(17)10-14/h5-10H,4,17H2,1-3H3. The third-order valence-electron chi connectivity index (χ3n) is 3.21. The summed E-state index contributed by atoms with van der Waals surface area (Å²) in [6, 6.07) is 12.3. The molecule has 2 rings (SSSR count). The molecule has 0 aliphatic heterocycles. The maximum Gasteiger partial charge on any atom is 0.119 e. The Balaban J connectivity index is 2.36. The van der Waals surface area contributed by atoms with Crippen LogP contribution in [-0.4, -0.2) is 6.61 Å². The van der Waals surface area contributed by atoms with E-state index < -0.39 is 0 Å². The van der Waals surface area contributed by atoms with Gasteiger partial charge < -0.3 is 10.5 Å². The van der Waals surface area contributed by atoms with Crippen molar-refractivity contribution < 1.29 is 4.74 Å². The SMILES string of the molecule is CCOc1ccc(-c2cc(C)c(C)c(N)c2)cc1. The van der Waals surface area contributed by atoms with Crippen LogP contribution in [0.1, 0.15) is 18.1 Å². The lowest BCUT2D eigenvalue weighted by molar-refractivity contribution is 0.340. The number of benzene rings is 2. The first-order valence-corrected chi connectivity index (χ1v) is 6.21. The molecule has 2 N–H and O–H groups in total. The van der Waals surface area contributed by atoms with Crippen molar-refractivity contribution in [3.63, 3.8) is 0 Å². The smallest absolute Gasteiger partial charge is 0.119 e. The summed E-state index contributed by atoms with van der Waals surface area (Å²) in [6.45, 7) is 6.81. The second kappa shape index (κ2) is 5.13. The van der Waals surface area contributed by atoms with Crippen molar-refractivity contribution in [3.8, 4) is 16.9 Å². The predicted molar refractivity (Wildman–Crippen MR) is 76.9 cm³/mol. The van der Waals surface area contributed by atoms with Gasteiger partial charge in [0.25, 0.3) is 0 Å². The van der Waals surface area contributed by atoms with Crippen LogP contribution in [0.25, 0.3) is 11.1 Å². The van der Waals surface area contributed by atoms with Gasteiger partial charge in [0.2, 0.25) is 0 Å². The number of hydrogen-bond donors (Lipinski definition) is 1. The molecule has 0 aromatic heterocycles. The zero-order valence-electron chi connectivity index (χ0n) is 11.2. The number of rotatable bonds is 3. The van der Waals surface area contributed by atoms with Crippen LogP contribution in [0.4, 0.5) is 5.69 Å². The van der Waals surface area contributed by atoms with Crippen LogP contribution in [0.3, 0.4) is 0 Å². The summed E-state index contributed by atoms with van der Waals surface area (Å²) in [5.41, 5.74) is 11.5. The molecule has 0 radical (unpaired) electrons. The summed E-state index contributed by atoms with van der Waals surface area (Å²) in [5, 5.41) is 0. The van der Waals surface area contributed by atoms with Crippen molar-refractivity contribution in [1.29, 1.82) is 0 Å². The van der Waals surface area contributed by atoms with Gasteiger partial charge in [-0.1, -0.05) is 18.2 Å². The van der Waals surface area contributed by atoms with Crippen molar-refractivity contribution in [3.05, 3.63) is 47.5 Å². The minimum Gasteiger partial charge on any atom is -0.494 e. The summed E-state index contributed by atoms with van der Waals surface area (Å²) in [5.74, 6) is 0.901. The highest BCUT2D eigenvalue weighted by molar-refractivity contribution is 5.71. The Bertz CT molecular complexity index is 521. The molecule has 0 bridgehead atoms. The molecular formula is C16H19NO. The Morgan fingerprint density at radius 2 is 1.67 bits per heavy atom. The Morgan fingerprint density at radius 3 is 2.22 bits per heavy atom. The summed E-state index contributed by atoms with van der Waals surface area (Å²) >= 11 is 0. The predicted octanol–water partition coefficient (Wildman–Crippen LogP) is 3.95. The highest BCUT2D eigenvalue weighted by Gasteiger charge is 2.04. The molecule has 0 spiro atoms. The van der Waals surface area contributed by atoms with Crippen molar-refractivity contribution in [2.24, 2.45) is 0 Å². The minimum atomic E-state index is 0.690. The fourth-order valence-electron chi connectivity index (χ4n) is 1.96. The number of nitrogen functional groups attached to an aromatic ring is 1. The average molecular weight is 241 g/mol. The Morgan fingerprint density at radius 1 is 1.00 bits per heavy atom. The molecule has 2 aromatic carbocycles. The second-order valence-corrected chi connectivity index (χ2v) is 4.46. The molecule has 0 amide bonds. The van der Waals surface area contributed by atoms with E-state index in [0.29, 0.717) is 6.61 Å². The van der Waals surface area contributed by atoms with E-state index in [9.17, 15) is 0 Å². The summed E-state index contributed by atoms with van der Waals surface area (Å²) < 4.78 is 5.44. The lowest BCUT2D eigenvalue weighted by Crippen LogP contribution is -1.94. The highest BCUT2D eigenvalue weighted by atomic mass is 16.5. The fourth-order valence-corrected chi connectivity index (χ4v) is 1.96. The van der Waals surface area contributed by atoms with Gasteiger partial charge in [-0.05, 0) is 61.2 Å². The lowest BCUT2D eigenvalue weighted by Gasteiger charge is -2.10. The van der Waals surface area contributed by atoms with Crippen LogP contribution in [0.2, 0.25) is 0 Å². The number of ether oxygens (including phenoxy) is 1. The molecule has 0 aliphatic rings. The molecule has 0 saturated carbocycles. The van der Waals surface area contributed by atoms with Crippen LogP contribution in [0, 0.1) is 13.8 Å². The van der Waals surface area contributed by atoms with Crippen molar-refractivity contribution in [2.45, 2.75) is 20.8 Å². The van der Waals surface area contributed by atoms with E-state index in [1.807, 2.05) is 32.0 Å². The fraction of sp³-hybridized carbons (Fsp3) is 0.250. The van der Waals surface area contributed by atoms with Gasteiger partial charge in [0.05, 0.1) is 6.61 Å². The van der Waals surface area contributed by atoms with E-state index >= 15 is 0 Å². The van der Waals surface area contributed by atoms with Gasteiger partial charge in [-0.15, -0.1) is 0 Å². The first kappa shape index (κ1) is 12.5. The zero-order valence-corrected chi connectivity index (χ0v) is 11.2. The number of anilines is 1. The number of hydrogen-bond acceptors (Lipinski definition) is 2. The van der Waals surface area contributed by atoms with Gasteiger partial charge in [-0.3, -0.25) is 0 Å². The Labute approximate surface area is 108 Å². The van der Waals surface area contributed by atoms with Crippen LogP contribution in [-0.2, 0) is 0 Å². The van der Waals surface area contributed by atoms with Gasteiger partial charge in [0.1, 0.15) is 5.75 Å². The monoisotopic (exact) mass is 241 g/mol. The average Bonchev–Trinajstić information content (AvgIpc) is 2.37. The maximum atomic E-state index is 6.01. The van der Waals surface area contributed by atoms with E-state index in [0.717, 1.165) is 28.1 Å². The van der Waals surface area contributed by atoms with Crippen molar-refractivity contribution in [1.82, 2.24) is 0 Å². The van der Waals surface area contributed by atoms with Crippen LogP contribution in [0.5, 0.6) is 5.75 Å². The Hall–Kier alpha value is -1.96.